The number of piperazine rings is 1. The van der Waals surface area contributed by atoms with E-state index in [1.165, 1.54) is 12.5 Å². The normalized spacial score (nSPS) is 26.5. The van der Waals surface area contributed by atoms with Crippen LogP contribution in [0.15, 0.2) is 23.0 Å². The highest BCUT2D eigenvalue weighted by Crippen LogP contribution is 2.16. The molecule has 1 aromatic rings. The topological polar surface area (TPSA) is 66.2 Å². The molecule has 3 unspecified atom stereocenters. The Bertz CT molecular complexity index is 585. The highest BCUT2D eigenvalue weighted by molar-refractivity contribution is 5.93. The van der Waals surface area contributed by atoms with Gasteiger partial charge in [0.15, 0.2) is 0 Å². The van der Waals surface area contributed by atoms with E-state index < -0.39 is 0 Å². The monoisotopic (exact) mass is 349 g/mol. The van der Waals surface area contributed by atoms with Gasteiger partial charge in [0, 0.05) is 39.3 Å². The number of hydrogen-bond acceptors (Lipinski definition) is 5. The molecule has 2 aliphatic heterocycles. The lowest BCUT2D eigenvalue weighted by molar-refractivity contribution is -0.148. The minimum absolute atomic E-state index is 0.0109. The number of amides is 2. The molecule has 3 rings (SSSR count). The van der Waals surface area contributed by atoms with Gasteiger partial charge in [0.1, 0.15) is 6.26 Å². The molecule has 2 amide bonds. The second kappa shape index (κ2) is 7.58. The summed E-state index contributed by atoms with van der Waals surface area (Å²) in [6.45, 7) is 9.90. The molecule has 7 heteroatoms. The van der Waals surface area contributed by atoms with Crippen molar-refractivity contribution >= 4 is 11.8 Å². The molecule has 0 aromatic carbocycles. The number of morpholine rings is 1. The minimum atomic E-state index is -0.177. The maximum atomic E-state index is 12.8. The first-order valence-electron chi connectivity index (χ1n) is 8.95. The number of nitrogens with zero attached hydrogens (tertiary/aromatic N) is 3. The van der Waals surface area contributed by atoms with E-state index in [1.54, 1.807) is 6.07 Å². The molecule has 2 saturated heterocycles. The van der Waals surface area contributed by atoms with E-state index in [1.807, 2.05) is 30.6 Å². The van der Waals surface area contributed by atoms with Crippen LogP contribution in [0, 0.1) is 0 Å². The number of carbonyl (C=O) groups excluding carboxylic acids is 2. The van der Waals surface area contributed by atoms with Crippen LogP contribution >= 0.6 is 0 Å². The summed E-state index contributed by atoms with van der Waals surface area (Å²) >= 11 is 0. The third-order valence-corrected chi connectivity index (χ3v) is 5.01. The predicted molar refractivity (Wildman–Crippen MR) is 92.2 cm³/mol. The summed E-state index contributed by atoms with van der Waals surface area (Å²) in [5, 5.41) is 0. The Morgan fingerprint density at radius 1 is 1.08 bits per heavy atom. The van der Waals surface area contributed by atoms with Crippen molar-refractivity contribution < 1.29 is 18.7 Å². The summed E-state index contributed by atoms with van der Waals surface area (Å²) in [6.07, 6.45) is 3.13. The number of furan rings is 1. The zero-order valence-electron chi connectivity index (χ0n) is 15.2. The molecular weight excluding hydrogens is 322 g/mol. The van der Waals surface area contributed by atoms with Gasteiger partial charge in [0.2, 0.25) is 5.91 Å². The molecule has 2 fully saturated rings. The molecule has 0 radical (unpaired) electrons. The molecule has 0 N–H and O–H groups in total. The third kappa shape index (κ3) is 4.04. The van der Waals surface area contributed by atoms with Gasteiger partial charge in [0.25, 0.3) is 5.91 Å². The van der Waals surface area contributed by atoms with Crippen molar-refractivity contribution in [3.05, 3.63) is 24.2 Å². The van der Waals surface area contributed by atoms with Crippen molar-refractivity contribution in [3.63, 3.8) is 0 Å². The first-order chi connectivity index (χ1) is 12.0. The largest absolute Gasteiger partial charge is 0.472 e. The average Bonchev–Trinajstić information content (AvgIpc) is 3.14. The highest BCUT2D eigenvalue weighted by atomic mass is 16.5. The molecule has 3 atom stereocenters. The van der Waals surface area contributed by atoms with Gasteiger partial charge >= 0.3 is 0 Å². The zero-order valence-corrected chi connectivity index (χ0v) is 15.2. The fourth-order valence-electron chi connectivity index (χ4n) is 3.66. The van der Waals surface area contributed by atoms with E-state index in [9.17, 15) is 9.59 Å². The number of ether oxygens (including phenoxy) is 1. The van der Waals surface area contributed by atoms with E-state index in [0.717, 1.165) is 0 Å². The average molecular weight is 349 g/mol. The molecular formula is C18H27N3O4. The van der Waals surface area contributed by atoms with Crippen molar-refractivity contribution in [3.8, 4) is 0 Å². The SMILES string of the molecule is CC1CN(C(=O)C(C)N2CCN(C(=O)c3ccoc3)CC2)CC(C)O1. The molecule has 0 aliphatic carbocycles. The van der Waals surface area contributed by atoms with E-state index in [0.29, 0.717) is 44.8 Å². The van der Waals surface area contributed by atoms with Gasteiger partial charge in [-0.05, 0) is 26.8 Å². The van der Waals surface area contributed by atoms with Gasteiger partial charge < -0.3 is 19.0 Å². The molecule has 2 aliphatic rings. The molecule has 25 heavy (non-hydrogen) atoms. The van der Waals surface area contributed by atoms with Gasteiger partial charge in [-0.1, -0.05) is 0 Å². The van der Waals surface area contributed by atoms with Gasteiger partial charge in [-0.15, -0.1) is 0 Å². The number of carbonyl (C=O) groups is 2. The van der Waals surface area contributed by atoms with Crippen LogP contribution in [-0.4, -0.2) is 84.0 Å². The van der Waals surface area contributed by atoms with E-state index in [4.69, 9.17) is 9.15 Å². The molecule has 0 bridgehead atoms. The smallest absolute Gasteiger partial charge is 0.257 e. The lowest BCUT2D eigenvalue weighted by Crippen LogP contribution is -2.58. The Labute approximate surface area is 148 Å². The van der Waals surface area contributed by atoms with Crippen LogP contribution < -0.4 is 0 Å². The molecule has 1 aromatic heterocycles. The van der Waals surface area contributed by atoms with Crippen LogP contribution in [0.25, 0.3) is 0 Å². The Hall–Kier alpha value is -1.86. The second-order valence-corrected chi connectivity index (χ2v) is 7.02. The standard InChI is InChI=1S/C18H27N3O4/c1-13-10-21(11-14(2)25-13)17(22)15(3)19-5-7-20(8-6-19)18(23)16-4-9-24-12-16/h4,9,12-15H,5-8,10-11H2,1-3H3. The first kappa shape index (κ1) is 17.9. The molecule has 7 nitrogen and oxygen atoms in total. The Balaban J connectivity index is 1.53. The van der Waals surface area contributed by atoms with Crippen LogP contribution in [0.4, 0.5) is 0 Å². The van der Waals surface area contributed by atoms with Crippen molar-refractivity contribution in [2.75, 3.05) is 39.3 Å². The molecule has 3 heterocycles. The summed E-state index contributed by atoms with van der Waals surface area (Å²) in [4.78, 5) is 31.1. The maximum absolute atomic E-state index is 12.8. The van der Waals surface area contributed by atoms with E-state index in [2.05, 4.69) is 4.90 Å². The molecule has 0 saturated carbocycles. The summed E-state index contributed by atoms with van der Waals surface area (Å²) in [5.41, 5.74) is 0.578. The van der Waals surface area contributed by atoms with E-state index >= 15 is 0 Å². The van der Waals surface area contributed by atoms with E-state index in [-0.39, 0.29) is 30.1 Å². The van der Waals surface area contributed by atoms with Crippen molar-refractivity contribution in [1.82, 2.24) is 14.7 Å². The summed E-state index contributed by atoms with van der Waals surface area (Å²) in [6, 6.07) is 1.51. The summed E-state index contributed by atoms with van der Waals surface area (Å²) in [7, 11) is 0. The van der Waals surface area contributed by atoms with Gasteiger partial charge in [-0.3, -0.25) is 14.5 Å². The van der Waals surface area contributed by atoms with Gasteiger partial charge in [0.05, 0.1) is 30.1 Å². The lowest BCUT2D eigenvalue weighted by atomic mass is 10.1. The zero-order chi connectivity index (χ0) is 18.0. The first-order valence-corrected chi connectivity index (χ1v) is 8.95. The lowest BCUT2D eigenvalue weighted by Gasteiger charge is -2.41. The molecule has 138 valence electrons. The van der Waals surface area contributed by atoms with Crippen molar-refractivity contribution in [1.29, 1.82) is 0 Å². The van der Waals surface area contributed by atoms with Crippen molar-refractivity contribution in [2.24, 2.45) is 0 Å². The van der Waals surface area contributed by atoms with Gasteiger partial charge in [-0.25, -0.2) is 0 Å². The minimum Gasteiger partial charge on any atom is -0.472 e. The van der Waals surface area contributed by atoms with Crippen LogP contribution in [0.5, 0.6) is 0 Å². The fraction of sp³-hybridized carbons (Fsp3) is 0.667. The predicted octanol–water partition coefficient (Wildman–Crippen LogP) is 1.06. The third-order valence-electron chi connectivity index (χ3n) is 5.01. The van der Waals surface area contributed by atoms with Crippen LogP contribution in [0.1, 0.15) is 31.1 Å². The van der Waals surface area contributed by atoms with Crippen molar-refractivity contribution in [2.45, 2.75) is 39.0 Å². The Morgan fingerprint density at radius 2 is 1.72 bits per heavy atom. The maximum Gasteiger partial charge on any atom is 0.257 e. The summed E-state index contributed by atoms with van der Waals surface area (Å²) < 4.78 is 10.7. The van der Waals surface area contributed by atoms with Gasteiger partial charge in [-0.2, -0.15) is 0 Å². The number of rotatable bonds is 3. The number of hydrogen-bond donors (Lipinski definition) is 0. The Morgan fingerprint density at radius 3 is 2.28 bits per heavy atom. The quantitative estimate of drug-likeness (QED) is 0.816. The second-order valence-electron chi connectivity index (χ2n) is 7.02. The fourth-order valence-corrected chi connectivity index (χ4v) is 3.66. The van der Waals surface area contributed by atoms with Crippen LogP contribution in [0.2, 0.25) is 0 Å². The molecule has 0 spiro atoms. The Kier molecular flexibility index (Phi) is 5.44. The summed E-state index contributed by atoms with van der Waals surface area (Å²) in [5.74, 6) is 0.139. The van der Waals surface area contributed by atoms with Crippen LogP contribution in [-0.2, 0) is 9.53 Å². The van der Waals surface area contributed by atoms with Crippen LogP contribution in [0.3, 0.4) is 0 Å². The highest BCUT2D eigenvalue weighted by Gasteiger charge is 2.33.